The Kier molecular flexibility index (Phi) is 5.20. The number of ether oxygens (including phenoxy) is 2. The monoisotopic (exact) mass is 291 g/mol. The molecule has 1 fully saturated rings. The van der Waals surface area contributed by atoms with E-state index in [1.165, 1.54) is 26.7 Å². The topological polar surface area (TPSA) is 64.6 Å². The predicted molar refractivity (Wildman–Crippen MR) is 79.3 cm³/mol. The van der Waals surface area contributed by atoms with Gasteiger partial charge in [-0.3, -0.25) is 9.59 Å². The lowest BCUT2D eigenvalue weighted by atomic mass is 9.95. The largest absolute Gasteiger partial charge is 0.496 e. The van der Waals surface area contributed by atoms with Crippen LogP contribution < -0.4 is 14.8 Å². The fraction of sp³-hybridized carbons (Fsp3) is 0.500. The minimum absolute atomic E-state index is 0.204. The second-order valence-electron chi connectivity index (χ2n) is 5.22. The van der Waals surface area contributed by atoms with Gasteiger partial charge in [0.2, 0.25) is 0 Å². The summed E-state index contributed by atoms with van der Waals surface area (Å²) >= 11 is 0. The molecule has 0 unspecified atom stereocenters. The number of amides is 1. The number of benzene rings is 1. The number of carbonyl (C=O) groups is 2. The average Bonchev–Trinajstić information content (AvgIpc) is 2.54. The Morgan fingerprint density at radius 2 is 1.81 bits per heavy atom. The molecule has 0 saturated heterocycles. The van der Waals surface area contributed by atoms with E-state index in [1.54, 1.807) is 6.07 Å². The molecule has 1 aliphatic carbocycles. The third-order valence-electron chi connectivity index (χ3n) is 3.86. The van der Waals surface area contributed by atoms with Crippen molar-refractivity contribution < 1.29 is 19.1 Å². The number of nitrogens with one attached hydrogen (secondary N) is 1. The smallest absolute Gasteiger partial charge is 0.255 e. The average molecular weight is 291 g/mol. The minimum Gasteiger partial charge on any atom is -0.496 e. The number of methoxy groups -OCH3 is 2. The van der Waals surface area contributed by atoms with Gasteiger partial charge in [-0.25, -0.2) is 0 Å². The van der Waals surface area contributed by atoms with E-state index in [9.17, 15) is 9.59 Å². The van der Waals surface area contributed by atoms with E-state index in [0.717, 1.165) is 25.7 Å². The lowest BCUT2D eigenvalue weighted by Gasteiger charge is -2.23. The van der Waals surface area contributed by atoms with Gasteiger partial charge < -0.3 is 14.8 Å². The normalized spacial score (nSPS) is 15.3. The highest BCUT2D eigenvalue weighted by Crippen LogP contribution is 2.28. The molecule has 1 amide bonds. The molecule has 21 heavy (non-hydrogen) atoms. The lowest BCUT2D eigenvalue weighted by Crippen LogP contribution is -2.36. The summed E-state index contributed by atoms with van der Waals surface area (Å²) in [6.07, 6.45) is 6.20. The summed E-state index contributed by atoms with van der Waals surface area (Å²) in [6.45, 7) is 0. The van der Waals surface area contributed by atoms with Gasteiger partial charge in [0.05, 0.1) is 25.3 Å². The number of aldehydes is 1. The summed E-state index contributed by atoms with van der Waals surface area (Å²) in [4.78, 5) is 23.5. The van der Waals surface area contributed by atoms with Crippen LogP contribution in [0, 0.1) is 0 Å². The van der Waals surface area contributed by atoms with Gasteiger partial charge in [0.1, 0.15) is 11.5 Å². The highest BCUT2D eigenvalue weighted by atomic mass is 16.5. The van der Waals surface area contributed by atoms with Gasteiger partial charge in [-0.05, 0) is 18.9 Å². The van der Waals surface area contributed by atoms with E-state index in [4.69, 9.17) is 9.47 Å². The summed E-state index contributed by atoms with van der Waals surface area (Å²) in [6, 6.07) is 3.29. The summed E-state index contributed by atoms with van der Waals surface area (Å²) < 4.78 is 10.4. The molecule has 0 radical (unpaired) electrons. The van der Waals surface area contributed by atoms with Crippen LogP contribution in [0.4, 0.5) is 0 Å². The first-order chi connectivity index (χ1) is 10.2. The van der Waals surface area contributed by atoms with Gasteiger partial charge in [-0.15, -0.1) is 0 Å². The molecule has 0 atom stereocenters. The second-order valence-corrected chi connectivity index (χ2v) is 5.22. The van der Waals surface area contributed by atoms with E-state index in [-0.39, 0.29) is 11.9 Å². The van der Waals surface area contributed by atoms with Crippen LogP contribution >= 0.6 is 0 Å². The van der Waals surface area contributed by atoms with Gasteiger partial charge in [-0.2, -0.15) is 0 Å². The maximum absolute atomic E-state index is 12.4. The van der Waals surface area contributed by atoms with Crippen molar-refractivity contribution in [2.45, 2.75) is 38.1 Å². The van der Waals surface area contributed by atoms with Crippen LogP contribution in [0.15, 0.2) is 12.1 Å². The zero-order valence-corrected chi connectivity index (χ0v) is 12.5. The summed E-state index contributed by atoms with van der Waals surface area (Å²) in [5.41, 5.74) is 0.707. The third-order valence-corrected chi connectivity index (χ3v) is 3.86. The molecule has 1 aromatic carbocycles. The maximum atomic E-state index is 12.4. The van der Waals surface area contributed by atoms with Gasteiger partial charge in [0.25, 0.3) is 5.91 Å². The Bertz CT molecular complexity index is 521. The molecule has 114 valence electrons. The molecule has 2 rings (SSSR count). The second kappa shape index (κ2) is 7.11. The Morgan fingerprint density at radius 3 is 2.38 bits per heavy atom. The Hall–Kier alpha value is -2.04. The Labute approximate surface area is 124 Å². The fourth-order valence-electron chi connectivity index (χ4n) is 2.70. The first kappa shape index (κ1) is 15.4. The summed E-state index contributed by atoms with van der Waals surface area (Å²) in [5.74, 6) is 0.603. The van der Waals surface area contributed by atoms with Gasteiger partial charge in [0.15, 0.2) is 6.29 Å². The van der Waals surface area contributed by atoms with Crippen molar-refractivity contribution in [2.75, 3.05) is 14.2 Å². The van der Waals surface area contributed by atoms with Crippen LogP contribution in [0.1, 0.15) is 52.8 Å². The van der Waals surface area contributed by atoms with Crippen molar-refractivity contribution in [3.63, 3.8) is 0 Å². The fourth-order valence-corrected chi connectivity index (χ4v) is 2.70. The van der Waals surface area contributed by atoms with Gasteiger partial charge in [0, 0.05) is 12.1 Å². The van der Waals surface area contributed by atoms with Crippen LogP contribution in [0.2, 0.25) is 0 Å². The van der Waals surface area contributed by atoms with Crippen molar-refractivity contribution in [1.82, 2.24) is 5.32 Å². The van der Waals surface area contributed by atoms with Crippen molar-refractivity contribution in [2.24, 2.45) is 0 Å². The number of rotatable bonds is 5. The van der Waals surface area contributed by atoms with Crippen LogP contribution in [-0.4, -0.2) is 32.5 Å². The molecule has 1 aromatic rings. The molecular formula is C16H21NO4. The molecule has 1 N–H and O–H groups in total. The molecule has 0 aliphatic heterocycles. The van der Waals surface area contributed by atoms with Gasteiger partial charge in [-0.1, -0.05) is 19.3 Å². The van der Waals surface area contributed by atoms with E-state index >= 15 is 0 Å². The molecule has 5 nitrogen and oxygen atoms in total. The molecule has 0 bridgehead atoms. The lowest BCUT2D eigenvalue weighted by molar-refractivity contribution is 0.0924. The Balaban J connectivity index is 2.24. The summed E-state index contributed by atoms with van der Waals surface area (Å²) in [5, 5.41) is 3.02. The van der Waals surface area contributed by atoms with Crippen LogP contribution in [0.25, 0.3) is 0 Å². The maximum Gasteiger partial charge on any atom is 0.255 e. The van der Waals surface area contributed by atoms with E-state index in [2.05, 4.69) is 5.32 Å². The molecule has 1 saturated carbocycles. The van der Waals surface area contributed by atoms with E-state index < -0.39 is 0 Å². The van der Waals surface area contributed by atoms with Crippen molar-refractivity contribution in [3.05, 3.63) is 23.3 Å². The highest BCUT2D eigenvalue weighted by molar-refractivity contribution is 5.99. The van der Waals surface area contributed by atoms with Gasteiger partial charge >= 0.3 is 0 Å². The number of hydrogen-bond acceptors (Lipinski definition) is 4. The first-order valence-electron chi connectivity index (χ1n) is 7.21. The highest BCUT2D eigenvalue weighted by Gasteiger charge is 2.21. The van der Waals surface area contributed by atoms with E-state index in [0.29, 0.717) is 28.9 Å². The Morgan fingerprint density at radius 1 is 1.14 bits per heavy atom. The predicted octanol–water partition coefficient (Wildman–Crippen LogP) is 2.58. The summed E-state index contributed by atoms with van der Waals surface area (Å²) in [7, 11) is 2.97. The number of hydrogen-bond donors (Lipinski definition) is 1. The molecule has 5 heteroatoms. The van der Waals surface area contributed by atoms with Crippen molar-refractivity contribution >= 4 is 12.2 Å². The van der Waals surface area contributed by atoms with Crippen LogP contribution in [0.5, 0.6) is 11.5 Å². The third kappa shape index (κ3) is 3.54. The molecule has 0 aromatic heterocycles. The number of carbonyl (C=O) groups excluding carboxylic acids is 2. The SMILES string of the molecule is COc1cc(OC)c(C(=O)NC2CCCCC2)cc1C=O. The molecule has 0 spiro atoms. The van der Waals surface area contributed by atoms with E-state index in [1.807, 2.05) is 0 Å². The standard InChI is InChI=1S/C16H21NO4/c1-20-14-9-15(21-2)13(8-11(14)10-18)16(19)17-12-6-4-3-5-7-12/h8-10,12H,3-7H2,1-2H3,(H,17,19). The first-order valence-corrected chi connectivity index (χ1v) is 7.21. The van der Waals surface area contributed by atoms with Crippen molar-refractivity contribution in [3.8, 4) is 11.5 Å². The molecular weight excluding hydrogens is 270 g/mol. The zero-order valence-electron chi connectivity index (χ0n) is 12.5. The molecule has 1 aliphatic rings. The zero-order chi connectivity index (χ0) is 15.2. The molecule has 0 heterocycles. The van der Waals surface area contributed by atoms with Crippen LogP contribution in [0.3, 0.4) is 0 Å². The minimum atomic E-state index is -0.204. The quantitative estimate of drug-likeness (QED) is 0.847. The van der Waals surface area contributed by atoms with Crippen molar-refractivity contribution in [1.29, 1.82) is 0 Å². The van der Waals surface area contributed by atoms with Crippen LogP contribution in [-0.2, 0) is 0 Å².